The number of aromatic nitrogens is 2. The minimum Gasteiger partial charge on any atom is -0.438 e. The van der Waals surface area contributed by atoms with E-state index in [0.717, 1.165) is 5.56 Å². The van der Waals surface area contributed by atoms with Crippen molar-refractivity contribution in [2.45, 2.75) is 13.0 Å². The second kappa shape index (κ2) is 8.35. The van der Waals surface area contributed by atoms with E-state index in [1.54, 1.807) is 24.3 Å². The molecule has 5 nitrogen and oxygen atoms in total. The van der Waals surface area contributed by atoms with Gasteiger partial charge in [0.25, 0.3) is 0 Å². The lowest BCUT2D eigenvalue weighted by Crippen LogP contribution is -2.31. The van der Waals surface area contributed by atoms with E-state index in [2.05, 4.69) is 20.8 Å². The molecule has 0 unspecified atom stereocenters. The zero-order chi connectivity index (χ0) is 18.4. The monoisotopic (exact) mass is 368 g/mol. The first-order valence-corrected chi connectivity index (χ1v) is 8.40. The van der Waals surface area contributed by atoms with Crippen molar-refractivity contribution in [1.82, 2.24) is 15.5 Å². The first-order chi connectivity index (χ1) is 12.6. The first-order valence-electron chi connectivity index (χ1n) is 8.00. The van der Waals surface area contributed by atoms with E-state index in [0.29, 0.717) is 22.6 Å². The van der Waals surface area contributed by atoms with Crippen molar-refractivity contribution >= 4 is 23.1 Å². The van der Waals surface area contributed by atoms with E-state index in [1.807, 2.05) is 37.3 Å². The molecule has 26 heavy (non-hydrogen) atoms. The van der Waals surface area contributed by atoms with Crippen LogP contribution < -0.4 is 15.4 Å². The number of anilines is 1. The molecule has 0 aliphatic carbocycles. The Hall–Kier alpha value is -3.06. The molecule has 0 saturated heterocycles. The summed E-state index contributed by atoms with van der Waals surface area (Å²) in [4.78, 5) is 0. The summed E-state index contributed by atoms with van der Waals surface area (Å²) in [5.74, 6) is 1.30. The molecule has 0 aliphatic rings. The smallest absolute Gasteiger partial charge is 0.238 e. The van der Waals surface area contributed by atoms with Crippen molar-refractivity contribution in [2.75, 3.05) is 5.32 Å². The van der Waals surface area contributed by atoms with Crippen molar-refractivity contribution < 1.29 is 9.13 Å². The van der Waals surface area contributed by atoms with Crippen molar-refractivity contribution in [3.8, 4) is 11.6 Å². The Bertz CT molecular complexity index is 857. The standard InChI is InChI=1S/C19H17FN4OS/c1-13(14-7-9-15(20)10-8-14)21-19(26)22-17-11-12-18(24-23-17)25-16-5-3-2-4-6-16/h2-13H,1H3,(H2,21,22,23,26)/t13-/m0/s1. The second-order valence-electron chi connectivity index (χ2n) is 5.54. The number of ether oxygens (including phenoxy) is 1. The Balaban J connectivity index is 1.55. The normalized spacial score (nSPS) is 11.5. The molecule has 1 heterocycles. The van der Waals surface area contributed by atoms with E-state index in [-0.39, 0.29) is 11.9 Å². The highest BCUT2D eigenvalue weighted by atomic mass is 32.1. The molecule has 1 atom stereocenters. The summed E-state index contributed by atoms with van der Waals surface area (Å²) >= 11 is 5.28. The van der Waals surface area contributed by atoms with Gasteiger partial charge in [-0.05, 0) is 55.0 Å². The Morgan fingerprint density at radius 2 is 1.73 bits per heavy atom. The molecule has 7 heteroatoms. The van der Waals surface area contributed by atoms with Gasteiger partial charge < -0.3 is 15.4 Å². The molecule has 1 aromatic heterocycles. The fraction of sp³-hybridized carbons (Fsp3) is 0.105. The molecule has 2 aromatic carbocycles. The summed E-state index contributed by atoms with van der Waals surface area (Å²) < 4.78 is 18.6. The number of hydrogen-bond acceptors (Lipinski definition) is 4. The van der Waals surface area contributed by atoms with Gasteiger partial charge in [0.2, 0.25) is 5.88 Å². The van der Waals surface area contributed by atoms with Gasteiger partial charge in [-0.2, -0.15) is 0 Å². The Labute approximate surface area is 156 Å². The summed E-state index contributed by atoms with van der Waals surface area (Å²) in [5, 5.41) is 14.5. The van der Waals surface area contributed by atoms with Gasteiger partial charge in [0, 0.05) is 6.07 Å². The number of nitrogens with one attached hydrogen (secondary N) is 2. The maximum atomic E-state index is 13.0. The van der Waals surface area contributed by atoms with Gasteiger partial charge in [-0.1, -0.05) is 30.3 Å². The fourth-order valence-electron chi connectivity index (χ4n) is 2.23. The summed E-state index contributed by atoms with van der Waals surface area (Å²) in [7, 11) is 0. The summed E-state index contributed by atoms with van der Waals surface area (Å²) in [6, 6.07) is 19.0. The van der Waals surface area contributed by atoms with Crippen LogP contribution in [0, 0.1) is 5.82 Å². The van der Waals surface area contributed by atoms with Crippen LogP contribution in [0.1, 0.15) is 18.5 Å². The SMILES string of the molecule is C[C@H](NC(=S)Nc1ccc(Oc2ccccc2)nn1)c1ccc(F)cc1. The van der Waals surface area contributed by atoms with Crippen LogP contribution in [0.15, 0.2) is 66.7 Å². The van der Waals surface area contributed by atoms with Gasteiger partial charge in [0.15, 0.2) is 10.9 Å². The molecule has 0 bridgehead atoms. The molecule has 0 amide bonds. The average molecular weight is 368 g/mol. The van der Waals surface area contributed by atoms with Crippen LogP contribution >= 0.6 is 12.2 Å². The first kappa shape index (κ1) is 17.8. The lowest BCUT2D eigenvalue weighted by molar-refractivity contribution is 0.455. The van der Waals surface area contributed by atoms with Crippen LogP contribution in [-0.4, -0.2) is 15.3 Å². The molecule has 0 saturated carbocycles. The van der Waals surface area contributed by atoms with E-state index < -0.39 is 0 Å². The van der Waals surface area contributed by atoms with E-state index in [4.69, 9.17) is 17.0 Å². The third-order valence-corrected chi connectivity index (χ3v) is 3.78. The molecule has 0 aliphatic heterocycles. The number of benzene rings is 2. The third kappa shape index (κ3) is 4.97. The predicted octanol–water partition coefficient (Wildman–Crippen LogP) is 4.46. The van der Waals surface area contributed by atoms with E-state index in [1.165, 1.54) is 12.1 Å². The number of halogens is 1. The van der Waals surface area contributed by atoms with E-state index in [9.17, 15) is 4.39 Å². The topological polar surface area (TPSA) is 59.1 Å². The third-order valence-electron chi connectivity index (χ3n) is 3.56. The summed E-state index contributed by atoms with van der Waals surface area (Å²) in [6.45, 7) is 1.93. The van der Waals surface area contributed by atoms with Crippen LogP contribution in [-0.2, 0) is 0 Å². The minimum absolute atomic E-state index is 0.0794. The number of thiocarbonyl (C=S) groups is 1. The number of nitrogens with zero attached hydrogens (tertiary/aromatic N) is 2. The van der Waals surface area contributed by atoms with Gasteiger partial charge in [0.1, 0.15) is 11.6 Å². The summed E-state index contributed by atoms with van der Waals surface area (Å²) in [5.41, 5.74) is 0.924. The van der Waals surface area contributed by atoms with Gasteiger partial charge in [-0.25, -0.2) is 4.39 Å². The van der Waals surface area contributed by atoms with Crippen LogP contribution in [0.2, 0.25) is 0 Å². The number of rotatable bonds is 5. The van der Waals surface area contributed by atoms with Gasteiger partial charge in [0.05, 0.1) is 6.04 Å². The zero-order valence-corrected chi connectivity index (χ0v) is 14.8. The van der Waals surface area contributed by atoms with Crippen molar-refractivity contribution in [3.63, 3.8) is 0 Å². The molecule has 0 fully saturated rings. The number of para-hydroxylation sites is 1. The van der Waals surface area contributed by atoms with Gasteiger partial charge >= 0.3 is 0 Å². The van der Waals surface area contributed by atoms with Crippen molar-refractivity contribution in [1.29, 1.82) is 0 Å². The van der Waals surface area contributed by atoms with E-state index >= 15 is 0 Å². The largest absolute Gasteiger partial charge is 0.438 e. The van der Waals surface area contributed by atoms with Gasteiger partial charge in [-0.3, -0.25) is 0 Å². The highest BCUT2D eigenvalue weighted by Crippen LogP contribution is 2.18. The molecule has 0 radical (unpaired) electrons. The summed E-state index contributed by atoms with van der Waals surface area (Å²) in [6.07, 6.45) is 0. The lowest BCUT2D eigenvalue weighted by atomic mass is 10.1. The van der Waals surface area contributed by atoms with Crippen molar-refractivity contribution in [3.05, 3.63) is 78.1 Å². The molecule has 0 spiro atoms. The maximum Gasteiger partial charge on any atom is 0.238 e. The highest BCUT2D eigenvalue weighted by molar-refractivity contribution is 7.80. The maximum absolute atomic E-state index is 13.0. The predicted molar refractivity (Wildman–Crippen MR) is 103 cm³/mol. The highest BCUT2D eigenvalue weighted by Gasteiger charge is 2.08. The Kier molecular flexibility index (Phi) is 5.70. The molecule has 3 aromatic rings. The van der Waals surface area contributed by atoms with Gasteiger partial charge in [-0.15, -0.1) is 10.2 Å². The van der Waals surface area contributed by atoms with Crippen LogP contribution in [0.25, 0.3) is 0 Å². The van der Waals surface area contributed by atoms with Crippen LogP contribution in [0.4, 0.5) is 10.2 Å². The minimum atomic E-state index is -0.269. The van der Waals surface area contributed by atoms with Crippen LogP contribution in [0.3, 0.4) is 0 Å². The average Bonchev–Trinajstić information content (AvgIpc) is 2.64. The molecule has 3 rings (SSSR count). The van der Waals surface area contributed by atoms with Crippen LogP contribution in [0.5, 0.6) is 11.6 Å². The quantitative estimate of drug-likeness (QED) is 0.649. The Morgan fingerprint density at radius 3 is 2.38 bits per heavy atom. The molecular weight excluding hydrogens is 351 g/mol. The number of hydrogen-bond donors (Lipinski definition) is 2. The lowest BCUT2D eigenvalue weighted by Gasteiger charge is -2.17. The fourth-order valence-corrected chi connectivity index (χ4v) is 2.52. The molecular formula is C19H17FN4OS. The van der Waals surface area contributed by atoms with Crippen molar-refractivity contribution in [2.24, 2.45) is 0 Å². The second-order valence-corrected chi connectivity index (χ2v) is 5.95. The zero-order valence-electron chi connectivity index (χ0n) is 14.0. The molecule has 2 N–H and O–H groups in total. The molecule has 132 valence electrons. The Morgan fingerprint density at radius 1 is 1.00 bits per heavy atom.